The van der Waals surface area contributed by atoms with Crippen molar-refractivity contribution >= 4 is 12.2 Å². The van der Waals surface area contributed by atoms with Crippen LogP contribution in [0.5, 0.6) is 0 Å². The van der Waals surface area contributed by atoms with E-state index >= 15 is 0 Å². The van der Waals surface area contributed by atoms with Crippen LogP contribution in [-0.4, -0.2) is 14.5 Å². The number of nitrogens with zero attached hydrogens (tertiary/aromatic N) is 2. The van der Waals surface area contributed by atoms with E-state index in [2.05, 4.69) is 0 Å². The Kier molecular flexibility index (Phi) is 3.16. The van der Waals surface area contributed by atoms with Crippen molar-refractivity contribution in [3.05, 3.63) is 71.1 Å². The second kappa shape index (κ2) is 4.98. The number of para-hydroxylation sites is 1. The molecule has 3 rings (SSSR count). The molecule has 0 aliphatic rings. The van der Waals surface area contributed by atoms with Gasteiger partial charge >= 0.3 is 0 Å². The van der Waals surface area contributed by atoms with Crippen LogP contribution in [0.3, 0.4) is 0 Å². The zero-order valence-electron chi connectivity index (χ0n) is 11.0. The number of aromatic nitrogens is 2. The molecule has 100 valence electrons. The molecule has 0 aliphatic heterocycles. The minimum Gasteiger partial charge on any atom is -0.425 e. The fourth-order valence-corrected chi connectivity index (χ4v) is 2.73. The zero-order chi connectivity index (χ0) is 14.1. The first-order valence-electron chi connectivity index (χ1n) is 6.34. The van der Waals surface area contributed by atoms with Gasteiger partial charge in [-0.2, -0.15) is 4.73 Å². The monoisotopic (exact) mass is 282 g/mol. The van der Waals surface area contributed by atoms with Crippen molar-refractivity contribution < 1.29 is 5.21 Å². The molecule has 0 amide bonds. The molecule has 0 atom stereocenters. The van der Waals surface area contributed by atoms with E-state index in [9.17, 15) is 5.21 Å². The SMILES string of the molecule is Cc1c(-c2ccccc2)n(O)c(=S)n1-c1ccccc1. The Hall–Kier alpha value is -2.33. The summed E-state index contributed by atoms with van der Waals surface area (Å²) in [5.74, 6) is 0. The summed E-state index contributed by atoms with van der Waals surface area (Å²) in [4.78, 5) is 0. The third-order valence-corrected chi connectivity index (χ3v) is 3.68. The van der Waals surface area contributed by atoms with E-state index in [0.29, 0.717) is 4.77 Å². The minimum absolute atomic E-state index is 0.368. The average Bonchev–Trinajstić information content (AvgIpc) is 2.71. The zero-order valence-corrected chi connectivity index (χ0v) is 11.8. The Labute approximate surface area is 122 Å². The second-order valence-electron chi connectivity index (χ2n) is 4.57. The summed E-state index contributed by atoms with van der Waals surface area (Å²) in [6.45, 7) is 1.96. The molecule has 0 fully saturated rings. The van der Waals surface area contributed by atoms with Crippen LogP contribution in [0.15, 0.2) is 60.7 Å². The maximum Gasteiger partial charge on any atom is 0.219 e. The molecule has 3 nitrogen and oxygen atoms in total. The van der Waals surface area contributed by atoms with E-state index in [1.165, 1.54) is 0 Å². The third kappa shape index (κ3) is 1.94. The van der Waals surface area contributed by atoms with Gasteiger partial charge in [0, 0.05) is 11.3 Å². The van der Waals surface area contributed by atoms with Gasteiger partial charge in [0.15, 0.2) is 0 Å². The number of hydrogen-bond donors (Lipinski definition) is 1. The summed E-state index contributed by atoms with van der Waals surface area (Å²) < 4.78 is 3.32. The van der Waals surface area contributed by atoms with Gasteiger partial charge in [0.05, 0.1) is 5.69 Å². The van der Waals surface area contributed by atoms with E-state index in [1.54, 1.807) is 0 Å². The van der Waals surface area contributed by atoms with Crippen LogP contribution >= 0.6 is 12.2 Å². The lowest BCUT2D eigenvalue weighted by Crippen LogP contribution is -1.97. The Balaban J connectivity index is 2.28. The topological polar surface area (TPSA) is 30.1 Å². The van der Waals surface area contributed by atoms with Gasteiger partial charge in [-0.15, -0.1) is 0 Å². The molecule has 20 heavy (non-hydrogen) atoms. The Morgan fingerprint density at radius 1 is 0.900 bits per heavy atom. The highest BCUT2D eigenvalue weighted by atomic mass is 32.1. The number of hydrogen-bond acceptors (Lipinski definition) is 2. The standard InChI is InChI=1S/C16H14N2OS/c1-12-15(13-8-4-2-5-9-13)18(19)16(20)17(12)14-10-6-3-7-11-14/h2-11,19H,1H3. The van der Waals surface area contributed by atoms with E-state index in [0.717, 1.165) is 27.4 Å². The van der Waals surface area contributed by atoms with Gasteiger partial charge in [0.1, 0.15) is 5.69 Å². The van der Waals surface area contributed by atoms with Crippen molar-refractivity contribution in [2.24, 2.45) is 0 Å². The molecule has 1 N–H and O–H groups in total. The van der Waals surface area contributed by atoms with Crippen molar-refractivity contribution in [3.8, 4) is 16.9 Å². The van der Waals surface area contributed by atoms with Crippen LogP contribution in [0.4, 0.5) is 0 Å². The molecule has 2 aromatic carbocycles. The van der Waals surface area contributed by atoms with Gasteiger partial charge in [-0.1, -0.05) is 48.5 Å². The lowest BCUT2D eigenvalue weighted by molar-refractivity contribution is 0.185. The smallest absolute Gasteiger partial charge is 0.219 e. The van der Waals surface area contributed by atoms with E-state index < -0.39 is 0 Å². The largest absolute Gasteiger partial charge is 0.425 e. The van der Waals surface area contributed by atoms with Crippen molar-refractivity contribution in [2.45, 2.75) is 6.92 Å². The van der Waals surface area contributed by atoms with E-state index in [-0.39, 0.29) is 0 Å². The average molecular weight is 282 g/mol. The molecule has 0 spiro atoms. The summed E-state index contributed by atoms with van der Waals surface area (Å²) in [7, 11) is 0. The lowest BCUT2D eigenvalue weighted by Gasteiger charge is -2.05. The Bertz CT molecular complexity index is 789. The van der Waals surface area contributed by atoms with Crippen molar-refractivity contribution in [1.82, 2.24) is 9.30 Å². The van der Waals surface area contributed by atoms with Crippen LogP contribution < -0.4 is 0 Å². The van der Waals surface area contributed by atoms with Gasteiger partial charge in [0.2, 0.25) is 4.77 Å². The van der Waals surface area contributed by atoms with E-state index in [4.69, 9.17) is 12.2 Å². The molecule has 3 aromatic rings. The van der Waals surface area contributed by atoms with Crippen LogP contribution in [0.25, 0.3) is 16.9 Å². The molecule has 4 heteroatoms. The summed E-state index contributed by atoms with van der Waals surface area (Å²) in [5, 5.41) is 10.3. The number of imidazole rings is 1. The maximum atomic E-state index is 10.3. The number of rotatable bonds is 2. The molecule has 1 heterocycles. The summed E-state index contributed by atoms with van der Waals surface area (Å²) in [5.41, 5.74) is 3.52. The highest BCUT2D eigenvalue weighted by molar-refractivity contribution is 7.71. The van der Waals surface area contributed by atoms with E-state index in [1.807, 2.05) is 72.2 Å². The first-order chi connectivity index (χ1) is 9.70. The second-order valence-corrected chi connectivity index (χ2v) is 4.93. The summed E-state index contributed by atoms with van der Waals surface area (Å²) in [6.07, 6.45) is 0. The molecular weight excluding hydrogens is 268 g/mol. The van der Waals surface area contributed by atoms with Gasteiger partial charge in [-0.05, 0) is 31.3 Å². The van der Waals surface area contributed by atoms with Gasteiger partial charge < -0.3 is 5.21 Å². The first kappa shape index (κ1) is 12.7. The fourth-order valence-electron chi connectivity index (χ4n) is 2.40. The summed E-state index contributed by atoms with van der Waals surface area (Å²) in [6, 6.07) is 19.5. The molecule has 1 aromatic heterocycles. The molecule has 0 aliphatic carbocycles. The molecule has 0 radical (unpaired) electrons. The molecular formula is C16H14N2OS. The van der Waals surface area contributed by atoms with Gasteiger partial charge in [-0.3, -0.25) is 4.57 Å². The fraction of sp³-hybridized carbons (Fsp3) is 0.0625. The highest BCUT2D eigenvalue weighted by Gasteiger charge is 2.16. The van der Waals surface area contributed by atoms with Crippen molar-refractivity contribution in [1.29, 1.82) is 0 Å². The van der Waals surface area contributed by atoms with Crippen LogP contribution in [0, 0.1) is 11.7 Å². The number of benzene rings is 2. The van der Waals surface area contributed by atoms with Crippen LogP contribution in [0.2, 0.25) is 0 Å². The first-order valence-corrected chi connectivity index (χ1v) is 6.75. The molecule has 0 saturated carbocycles. The quantitative estimate of drug-likeness (QED) is 0.563. The van der Waals surface area contributed by atoms with Crippen LogP contribution in [-0.2, 0) is 0 Å². The lowest BCUT2D eigenvalue weighted by atomic mass is 10.1. The summed E-state index contributed by atoms with van der Waals surface area (Å²) >= 11 is 5.36. The maximum absolute atomic E-state index is 10.3. The molecule has 0 bridgehead atoms. The predicted octanol–water partition coefficient (Wildman–Crippen LogP) is 4.22. The molecule has 0 saturated heterocycles. The Morgan fingerprint density at radius 3 is 2.05 bits per heavy atom. The van der Waals surface area contributed by atoms with Gasteiger partial charge in [0.25, 0.3) is 0 Å². The predicted molar refractivity (Wildman–Crippen MR) is 82.0 cm³/mol. The van der Waals surface area contributed by atoms with Crippen molar-refractivity contribution in [3.63, 3.8) is 0 Å². The molecule has 0 unspecified atom stereocenters. The minimum atomic E-state index is 0.368. The third-order valence-electron chi connectivity index (χ3n) is 3.32. The highest BCUT2D eigenvalue weighted by Crippen LogP contribution is 2.26. The van der Waals surface area contributed by atoms with Crippen molar-refractivity contribution in [2.75, 3.05) is 0 Å². The van der Waals surface area contributed by atoms with Crippen LogP contribution in [0.1, 0.15) is 5.69 Å². The Morgan fingerprint density at radius 2 is 1.45 bits per heavy atom. The normalized spacial score (nSPS) is 10.7. The van der Waals surface area contributed by atoms with Gasteiger partial charge in [-0.25, -0.2) is 0 Å².